The predicted molar refractivity (Wildman–Crippen MR) is 127 cm³/mol. The molecular formula is C25H18Br2O. The van der Waals surface area contributed by atoms with E-state index in [9.17, 15) is 4.79 Å². The second-order valence-corrected chi connectivity index (χ2v) is 9.20. The zero-order valence-corrected chi connectivity index (χ0v) is 18.7. The van der Waals surface area contributed by atoms with Gasteiger partial charge in [-0.15, -0.1) is 0 Å². The number of benzene rings is 5. The standard InChI is InChI=1S/C25H18Br2O/c1-14(28)5-4-8-17-15-6-2-3-7-16(15)18-9-11-20-22(26)13-23(27)21-12-10-19(17)24(18)25(20)21/h2-3,6-7,9-13H,4-5,8H2,1H3. The van der Waals surface area contributed by atoms with Crippen LogP contribution in [-0.2, 0) is 11.2 Å². The third kappa shape index (κ3) is 2.67. The van der Waals surface area contributed by atoms with Crippen LogP contribution in [0, 0.1) is 0 Å². The van der Waals surface area contributed by atoms with E-state index in [4.69, 9.17) is 0 Å². The molecule has 0 aliphatic carbocycles. The smallest absolute Gasteiger partial charge is 0.129 e. The Kier molecular flexibility index (Phi) is 4.41. The first-order chi connectivity index (χ1) is 13.6. The molecule has 0 fully saturated rings. The zero-order chi connectivity index (χ0) is 19.4. The summed E-state index contributed by atoms with van der Waals surface area (Å²) in [6.45, 7) is 1.68. The van der Waals surface area contributed by atoms with Crippen molar-refractivity contribution in [2.45, 2.75) is 26.2 Å². The normalized spacial score (nSPS) is 12.0. The van der Waals surface area contributed by atoms with Crippen LogP contribution in [0.2, 0.25) is 0 Å². The van der Waals surface area contributed by atoms with Crippen LogP contribution in [0.1, 0.15) is 25.3 Å². The summed E-state index contributed by atoms with van der Waals surface area (Å²) in [4.78, 5) is 11.5. The summed E-state index contributed by atoms with van der Waals surface area (Å²) in [5.41, 5.74) is 1.36. The molecule has 0 bridgehead atoms. The molecule has 28 heavy (non-hydrogen) atoms. The number of rotatable bonds is 4. The summed E-state index contributed by atoms with van der Waals surface area (Å²) < 4.78 is 2.21. The molecule has 5 aromatic carbocycles. The maximum atomic E-state index is 11.5. The second kappa shape index (κ2) is 6.82. The van der Waals surface area contributed by atoms with Gasteiger partial charge >= 0.3 is 0 Å². The lowest BCUT2D eigenvalue weighted by Gasteiger charge is -2.18. The Morgan fingerprint density at radius 1 is 0.750 bits per heavy atom. The number of ketones is 1. The fraction of sp³-hybridized carbons (Fsp3) is 0.160. The fourth-order valence-electron chi connectivity index (χ4n) is 4.55. The van der Waals surface area contributed by atoms with Gasteiger partial charge in [-0.25, -0.2) is 0 Å². The van der Waals surface area contributed by atoms with Crippen LogP contribution in [0.25, 0.3) is 43.1 Å². The number of fused-ring (bicyclic) bond motifs is 2. The number of carbonyl (C=O) groups is 1. The summed E-state index contributed by atoms with van der Waals surface area (Å²) >= 11 is 7.50. The van der Waals surface area contributed by atoms with Crippen molar-refractivity contribution in [3.8, 4) is 0 Å². The van der Waals surface area contributed by atoms with Crippen molar-refractivity contribution in [1.29, 1.82) is 0 Å². The van der Waals surface area contributed by atoms with Gasteiger partial charge in [-0.05, 0) is 74.5 Å². The van der Waals surface area contributed by atoms with Crippen molar-refractivity contribution < 1.29 is 4.79 Å². The third-order valence-corrected chi connectivity index (χ3v) is 7.06. The van der Waals surface area contributed by atoms with E-state index in [1.807, 2.05) is 0 Å². The third-order valence-electron chi connectivity index (χ3n) is 5.75. The highest BCUT2D eigenvalue weighted by atomic mass is 79.9. The van der Waals surface area contributed by atoms with E-state index >= 15 is 0 Å². The maximum absolute atomic E-state index is 11.5. The molecule has 0 saturated carbocycles. The van der Waals surface area contributed by atoms with E-state index in [2.05, 4.69) is 86.5 Å². The minimum Gasteiger partial charge on any atom is -0.300 e. The highest BCUT2D eigenvalue weighted by molar-refractivity contribution is 9.11. The lowest BCUT2D eigenvalue weighted by atomic mass is 9.86. The van der Waals surface area contributed by atoms with E-state index in [1.54, 1.807) is 6.92 Å². The van der Waals surface area contributed by atoms with Gasteiger partial charge in [0, 0.05) is 15.4 Å². The van der Waals surface area contributed by atoms with Crippen LogP contribution in [0.3, 0.4) is 0 Å². The topological polar surface area (TPSA) is 17.1 Å². The van der Waals surface area contributed by atoms with Crippen molar-refractivity contribution >= 4 is 80.7 Å². The molecule has 0 atom stereocenters. The van der Waals surface area contributed by atoms with Gasteiger partial charge in [0.25, 0.3) is 0 Å². The van der Waals surface area contributed by atoms with Gasteiger partial charge in [-0.2, -0.15) is 0 Å². The summed E-state index contributed by atoms with van der Waals surface area (Å²) in [5, 5.41) is 10.3. The summed E-state index contributed by atoms with van der Waals surface area (Å²) in [5.74, 6) is 0.259. The minimum atomic E-state index is 0.259. The minimum absolute atomic E-state index is 0.259. The van der Waals surface area contributed by atoms with E-state index in [0.717, 1.165) is 21.8 Å². The van der Waals surface area contributed by atoms with Gasteiger partial charge in [-0.3, -0.25) is 0 Å². The van der Waals surface area contributed by atoms with Gasteiger partial charge in [-0.1, -0.05) is 80.4 Å². The van der Waals surface area contributed by atoms with Gasteiger partial charge in [0.15, 0.2) is 0 Å². The van der Waals surface area contributed by atoms with Crippen LogP contribution in [0.15, 0.2) is 63.5 Å². The average molecular weight is 494 g/mol. The van der Waals surface area contributed by atoms with Crippen LogP contribution in [-0.4, -0.2) is 5.78 Å². The first-order valence-corrected chi connectivity index (χ1v) is 11.1. The van der Waals surface area contributed by atoms with E-state index in [-0.39, 0.29) is 5.78 Å². The molecule has 0 unspecified atom stereocenters. The molecule has 1 nitrogen and oxygen atoms in total. The largest absolute Gasteiger partial charge is 0.300 e. The molecule has 138 valence electrons. The lowest BCUT2D eigenvalue weighted by Crippen LogP contribution is -1.97. The van der Waals surface area contributed by atoms with Gasteiger partial charge in [0.1, 0.15) is 5.78 Å². The zero-order valence-electron chi connectivity index (χ0n) is 15.5. The summed E-state index contributed by atoms with van der Waals surface area (Å²) in [7, 11) is 0. The van der Waals surface area contributed by atoms with Gasteiger partial charge in [0.05, 0.1) is 0 Å². The molecule has 0 N–H and O–H groups in total. The first-order valence-electron chi connectivity index (χ1n) is 9.52. The molecule has 0 radical (unpaired) electrons. The van der Waals surface area contributed by atoms with E-state index in [1.165, 1.54) is 48.7 Å². The van der Waals surface area contributed by atoms with Gasteiger partial charge < -0.3 is 4.79 Å². The van der Waals surface area contributed by atoms with E-state index in [0.29, 0.717) is 6.42 Å². The first kappa shape index (κ1) is 18.1. The Labute approximate surface area is 180 Å². The highest BCUT2D eigenvalue weighted by Crippen LogP contribution is 2.44. The molecule has 0 spiro atoms. The SMILES string of the molecule is CC(=O)CCCc1c2ccccc2c2ccc3c(Br)cc(Br)c4ccc1c2c43. The Morgan fingerprint density at radius 3 is 2.00 bits per heavy atom. The van der Waals surface area contributed by atoms with Crippen LogP contribution < -0.4 is 0 Å². The maximum Gasteiger partial charge on any atom is 0.129 e. The molecular weight excluding hydrogens is 476 g/mol. The second-order valence-electron chi connectivity index (χ2n) is 7.49. The summed E-state index contributed by atoms with van der Waals surface area (Å²) in [6, 6.07) is 19.8. The average Bonchev–Trinajstić information content (AvgIpc) is 2.69. The van der Waals surface area contributed by atoms with Crippen LogP contribution in [0.4, 0.5) is 0 Å². The van der Waals surface area contributed by atoms with E-state index < -0.39 is 0 Å². The molecule has 0 heterocycles. The number of hydrogen-bond acceptors (Lipinski definition) is 1. The molecule has 5 rings (SSSR count). The fourth-order valence-corrected chi connectivity index (χ4v) is 5.97. The van der Waals surface area contributed by atoms with Crippen LogP contribution in [0.5, 0.6) is 0 Å². The summed E-state index contributed by atoms with van der Waals surface area (Å²) in [6.07, 6.45) is 2.43. The van der Waals surface area contributed by atoms with Crippen LogP contribution >= 0.6 is 31.9 Å². The molecule has 0 saturated heterocycles. The lowest BCUT2D eigenvalue weighted by molar-refractivity contribution is -0.117. The Morgan fingerprint density at radius 2 is 1.32 bits per heavy atom. The number of halogens is 2. The number of carbonyl (C=O) groups excluding carboxylic acids is 1. The quantitative estimate of drug-likeness (QED) is 0.182. The molecule has 5 aromatic rings. The van der Waals surface area contributed by atoms with Crippen molar-refractivity contribution in [3.63, 3.8) is 0 Å². The Balaban J connectivity index is 1.95. The predicted octanol–water partition coefficient (Wildman–Crippen LogP) is 8.17. The number of Topliss-reactive ketones (excluding diaryl/α,β-unsaturated/α-hetero) is 1. The van der Waals surface area contributed by atoms with Crippen molar-refractivity contribution in [2.24, 2.45) is 0 Å². The number of hydrogen-bond donors (Lipinski definition) is 0. The molecule has 0 aliphatic heterocycles. The molecule has 0 aliphatic rings. The molecule has 0 aromatic heterocycles. The molecule has 0 amide bonds. The number of aryl methyl sites for hydroxylation is 1. The van der Waals surface area contributed by atoms with Crippen molar-refractivity contribution in [1.82, 2.24) is 0 Å². The Bertz CT molecular complexity index is 1360. The Hall–Kier alpha value is -1.97. The molecule has 3 heteroatoms. The highest BCUT2D eigenvalue weighted by Gasteiger charge is 2.17. The van der Waals surface area contributed by atoms with Gasteiger partial charge in [0.2, 0.25) is 0 Å². The van der Waals surface area contributed by atoms with Crippen molar-refractivity contribution in [2.75, 3.05) is 0 Å². The van der Waals surface area contributed by atoms with Crippen molar-refractivity contribution in [3.05, 3.63) is 69.1 Å². The monoisotopic (exact) mass is 492 g/mol.